The van der Waals surface area contributed by atoms with Crippen LogP contribution in [0.15, 0.2) is 22.6 Å². The third-order valence-corrected chi connectivity index (χ3v) is 3.15. The molecule has 0 radical (unpaired) electrons. The highest BCUT2D eigenvalue weighted by Gasteiger charge is 2.25. The number of anilines is 2. The molecular formula is C12H15N3O2. The number of aromatic nitrogens is 1. The highest BCUT2D eigenvalue weighted by molar-refractivity contribution is 5.78. The first-order chi connectivity index (χ1) is 8.26. The molecule has 1 aliphatic heterocycles. The number of nitrogen functional groups attached to an aromatic ring is 1. The lowest BCUT2D eigenvalue weighted by atomic mass is 10.3. The maximum atomic E-state index is 5.71. The zero-order valence-corrected chi connectivity index (χ0v) is 9.72. The van der Waals surface area contributed by atoms with Crippen LogP contribution in [-0.4, -0.2) is 31.3 Å². The molecular weight excluding hydrogens is 218 g/mol. The molecule has 5 heteroatoms. The summed E-state index contributed by atoms with van der Waals surface area (Å²) in [5.41, 5.74) is 8.00. The standard InChI is InChI=1S/C12H15N3O2/c1-16-9-4-5-15(7-9)12-14-10-6-8(13)2-3-11(10)17-12/h2-3,6,9H,4-5,7,13H2,1H3/t9-/m0/s1. The molecule has 1 aliphatic rings. The van der Waals surface area contributed by atoms with Crippen molar-refractivity contribution >= 4 is 22.8 Å². The van der Waals surface area contributed by atoms with Crippen LogP contribution in [0.2, 0.25) is 0 Å². The average Bonchev–Trinajstić information content (AvgIpc) is 2.93. The zero-order valence-electron chi connectivity index (χ0n) is 9.72. The lowest BCUT2D eigenvalue weighted by molar-refractivity contribution is 0.121. The molecule has 0 aliphatic carbocycles. The molecule has 2 N–H and O–H groups in total. The van der Waals surface area contributed by atoms with Crippen LogP contribution in [0.25, 0.3) is 11.1 Å². The molecule has 17 heavy (non-hydrogen) atoms. The Kier molecular flexibility index (Phi) is 2.40. The summed E-state index contributed by atoms with van der Waals surface area (Å²) in [7, 11) is 1.74. The minimum absolute atomic E-state index is 0.273. The van der Waals surface area contributed by atoms with E-state index in [1.54, 1.807) is 7.11 Å². The number of oxazole rings is 1. The molecule has 5 nitrogen and oxygen atoms in total. The van der Waals surface area contributed by atoms with Gasteiger partial charge in [-0.05, 0) is 24.6 Å². The van der Waals surface area contributed by atoms with Crippen LogP contribution in [0.1, 0.15) is 6.42 Å². The molecule has 1 aromatic heterocycles. The molecule has 0 bridgehead atoms. The van der Waals surface area contributed by atoms with E-state index in [0.717, 1.165) is 30.6 Å². The summed E-state index contributed by atoms with van der Waals surface area (Å²) in [5.74, 6) is 0. The summed E-state index contributed by atoms with van der Waals surface area (Å²) < 4.78 is 11.0. The smallest absolute Gasteiger partial charge is 0.298 e. The summed E-state index contributed by atoms with van der Waals surface area (Å²) in [5, 5.41) is 0. The molecule has 0 saturated carbocycles. The van der Waals surface area contributed by atoms with Crippen LogP contribution >= 0.6 is 0 Å². The molecule has 1 atom stereocenters. The van der Waals surface area contributed by atoms with Crippen molar-refractivity contribution < 1.29 is 9.15 Å². The highest BCUT2D eigenvalue weighted by atomic mass is 16.5. The summed E-state index contributed by atoms with van der Waals surface area (Å²) >= 11 is 0. The Morgan fingerprint density at radius 3 is 3.18 bits per heavy atom. The molecule has 0 amide bonds. The van der Waals surface area contributed by atoms with E-state index in [-0.39, 0.29) is 6.10 Å². The number of fused-ring (bicyclic) bond motifs is 1. The van der Waals surface area contributed by atoms with Gasteiger partial charge >= 0.3 is 0 Å². The van der Waals surface area contributed by atoms with E-state index in [9.17, 15) is 0 Å². The number of methoxy groups -OCH3 is 1. The van der Waals surface area contributed by atoms with Crippen molar-refractivity contribution in [3.05, 3.63) is 18.2 Å². The molecule has 3 rings (SSSR count). The van der Waals surface area contributed by atoms with Gasteiger partial charge in [-0.15, -0.1) is 0 Å². The lowest BCUT2D eigenvalue weighted by Gasteiger charge is -2.12. The lowest BCUT2D eigenvalue weighted by Crippen LogP contribution is -2.22. The second-order valence-corrected chi connectivity index (χ2v) is 4.32. The number of ether oxygens (including phenoxy) is 1. The Labute approximate surface area is 99.2 Å². The van der Waals surface area contributed by atoms with Gasteiger partial charge in [0.2, 0.25) is 0 Å². The van der Waals surface area contributed by atoms with Gasteiger partial charge in [0.05, 0.1) is 6.10 Å². The number of hydrogen-bond acceptors (Lipinski definition) is 5. The van der Waals surface area contributed by atoms with Crippen LogP contribution in [0.4, 0.5) is 11.7 Å². The van der Waals surface area contributed by atoms with Crippen molar-refractivity contribution in [2.45, 2.75) is 12.5 Å². The van der Waals surface area contributed by atoms with Crippen molar-refractivity contribution in [3.63, 3.8) is 0 Å². The van der Waals surface area contributed by atoms with Crippen LogP contribution in [0.5, 0.6) is 0 Å². The minimum atomic E-state index is 0.273. The SMILES string of the molecule is CO[C@H]1CCN(c2nc3cc(N)ccc3o2)C1. The van der Waals surface area contributed by atoms with Gasteiger partial charge < -0.3 is 19.8 Å². The molecule has 1 aromatic carbocycles. The Morgan fingerprint density at radius 1 is 1.53 bits per heavy atom. The molecule has 1 saturated heterocycles. The third-order valence-electron chi connectivity index (χ3n) is 3.15. The Hall–Kier alpha value is -1.75. The van der Waals surface area contributed by atoms with Crippen molar-refractivity contribution in [1.29, 1.82) is 0 Å². The third kappa shape index (κ3) is 1.82. The van der Waals surface area contributed by atoms with E-state index in [1.807, 2.05) is 18.2 Å². The largest absolute Gasteiger partial charge is 0.423 e. The van der Waals surface area contributed by atoms with E-state index in [2.05, 4.69) is 9.88 Å². The molecule has 2 aromatic rings. The first-order valence-electron chi connectivity index (χ1n) is 5.70. The Bertz CT molecular complexity index is 538. The molecule has 2 heterocycles. The second-order valence-electron chi connectivity index (χ2n) is 4.32. The maximum Gasteiger partial charge on any atom is 0.298 e. The van der Waals surface area contributed by atoms with E-state index in [4.69, 9.17) is 14.9 Å². The van der Waals surface area contributed by atoms with Crippen molar-refractivity contribution in [2.24, 2.45) is 0 Å². The van der Waals surface area contributed by atoms with Gasteiger partial charge in [-0.25, -0.2) is 0 Å². The Morgan fingerprint density at radius 2 is 2.41 bits per heavy atom. The topological polar surface area (TPSA) is 64.5 Å². The van der Waals surface area contributed by atoms with Crippen molar-refractivity contribution in [3.8, 4) is 0 Å². The number of nitrogens with two attached hydrogens (primary N) is 1. The summed E-state index contributed by atoms with van der Waals surface area (Å²) in [6.07, 6.45) is 1.28. The quantitative estimate of drug-likeness (QED) is 0.799. The second kappa shape index (κ2) is 3.92. The van der Waals surface area contributed by atoms with Crippen molar-refractivity contribution in [1.82, 2.24) is 4.98 Å². The number of hydrogen-bond donors (Lipinski definition) is 1. The van der Waals surface area contributed by atoms with Gasteiger partial charge in [-0.2, -0.15) is 4.98 Å². The van der Waals surface area contributed by atoms with Crippen LogP contribution < -0.4 is 10.6 Å². The maximum absolute atomic E-state index is 5.71. The van der Waals surface area contributed by atoms with E-state index in [1.165, 1.54) is 0 Å². The predicted octanol–water partition coefficient (Wildman–Crippen LogP) is 1.64. The normalized spacial score (nSPS) is 20.3. The zero-order chi connectivity index (χ0) is 11.8. The van der Waals surface area contributed by atoms with E-state index in [0.29, 0.717) is 11.7 Å². The molecule has 0 unspecified atom stereocenters. The fraction of sp³-hybridized carbons (Fsp3) is 0.417. The average molecular weight is 233 g/mol. The molecule has 90 valence electrons. The first-order valence-corrected chi connectivity index (χ1v) is 5.70. The minimum Gasteiger partial charge on any atom is -0.423 e. The van der Waals surface area contributed by atoms with Gasteiger partial charge in [0.1, 0.15) is 5.52 Å². The van der Waals surface area contributed by atoms with E-state index >= 15 is 0 Å². The van der Waals surface area contributed by atoms with Crippen LogP contribution in [0.3, 0.4) is 0 Å². The van der Waals surface area contributed by atoms with Crippen LogP contribution in [0, 0.1) is 0 Å². The van der Waals surface area contributed by atoms with Gasteiger partial charge in [0.25, 0.3) is 6.01 Å². The van der Waals surface area contributed by atoms with Crippen LogP contribution in [-0.2, 0) is 4.74 Å². The summed E-state index contributed by atoms with van der Waals surface area (Å²) in [4.78, 5) is 6.55. The number of rotatable bonds is 2. The fourth-order valence-corrected chi connectivity index (χ4v) is 2.16. The van der Waals surface area contributed by atoms with Gasteiger partial charge in [0.15, 0.2) is 5.58 Å². The highest BCUT2D eigenvalue weighted by Crippen LogP contribution is 2.26. The monoisotopic (exact) mass is 233 g/mol. The Balaban J connectivity index is 1.91. The van der Waals surface area contributed by atoms with Gasteiger partial charge in [0, 0.05) is 25.9 Å². The van der Waals surface area contributed by atoms with Gasteiger partial charge in [-0.3, -0.25) is 0 Å². The predicted molar refractivity (Wildman–Crippen MR) is 66.0 cm³/mol. The number of benzene rings is 1. The molecule has 1 fully saturated rings. The summed E-state index contributed by atoms with van der Waals surface area (Å²) in [6, 6.07) is 6.15. The van der Waals surface area contributed by atoms with Crippen molar-refractivity contribution in [2.75, 3.05) is 30.8 Å². The molecule has 0 spiro atoms. The summed E-state index contributed by atoms with van der Waals surface area (Å²) in [6.45, 7) is 1.75. The number of nitrogens with zero attached hydrogens (tertiary/aromatic N) is 2. The van der Waals surface area contributed by atoms with E-state index < -0.39 is 0 Å². The van der Waals surface area contributed by atoms with Gasteiger partial charge in [-0.1, -0.05) is 0 Å². The first kappa shape index (κ1) is 10.4. The fourth-order valence-electron chi connectivity index (χ4n) is 2.16.